The molecule has 2 aromatic heterocycles. The SMILES string of the molecule is C[C@@H]1C[C@H](C)CN(C(=O)CSc2ncnc3sc4c(c23)CCCC4)C1. The van der Waals surface area contributed by atoms with Gasteiger partial charge in [-0.2, -0.15) is 0 Å². The number of fused-ring (bicyclic) bond motifs is 3. The van der Waals surface area contributed by atoms with E-state index in [2.05, 4.69) is 23.8 Å². The summed E-state index contributed by atoms with van der Waals surface area (Å²) in [6, 6.07) is 0. The van der Waals surface area contributed by atoms with Crippen molar-refractivity contribution in [3.05, 3.63) is 16.8 Å². The topological polar surface area (TPSA) is 46.1 Å². The molecule has 1 aliphatic carbocycles. The first-order chi connectivity index (χ1) is 12.1. The Hall–Kier alpha value is -1.14. The van der Waals surface area contributed by atoms with E-state index in [1.165, 1.54) is 41.5 Å². The molecule has 0 aromatic carbocycles. The Labute approximate surface area is 157 Å². The molecule has 1 saturated heterocycles. The molecule has 2 atom stereocenters. The summed E-state index contributed by atoms with van der Waals surface area (Å²) < 4.78 is 0. The van der Waals surface area contributed by atoms with E-state index in [0.717, 1.165) is 29.4 Å². The highest BCUT2D eigenvalue weighted by Gasteiger charge is 2.26. The number of aromatic nitrogens is 2. The van der Waals surface area contributed by atoms with Crippen LogP contribution in [0, 0.1) is 11.8 Å². The molecule has 1 fully saturated rings. The van der Waals surface area contributed by atoms with Crippen LogP contribution in [0.4, 0.5) is 0 Å². The lowest BCUT2D eigenvalue weighted by Crippen LogP contribution is -2.43. The van der Waals surface area contributed by atoms with Crippen LogP contribution in [-0.4, -0.2) is 39.6 Å². The number of thiophene rings is 1. The second kappa shape index (κ2) is 7.23. The minimum Gasteiger partial charge on any atom is -0.341 e. The third-order valence-electron chi connectivity index (χ3n) is 5.27. The van der Waals surface area contributed by atoms with Gasteiger partial charge < -0.3 is 4.90 Å². The minimum absolute atomic E-state index is 0.249. The average Bonchev–Trinajstić information content (AvgIpc) is 2.98. The standard InChI is InChI=1S/C19H25N3OS2/c1-12-7-13(2)9-22(8-12)16(23)10-24-18-17-14-5-3-4-6-15(14)25-19(17)21-11-20-18/h11-13H,3-10H2,1-2H3/t12-,13+. The molecule has 1 amide bonds. The number of likely N-dealkylation sites (tertiary alicyclic amines) is 1. The number of amides is 1. The van der Waals surface area contributed by atoms with Gasteiger partial charge in [-0.15, -0.1) is 11.3 Å². The van der Waals surface area contributed by atoms with E-state index in [-0.39, 0.29) is 5.91 Å². The summed E-state index contributed by atoms with van der Waals surface area (Å²) in [5.41, 5.74) is 1.45. The molecule has 4 nitrogen and oxygen atoms in total. The van der Waals surface area contributed by atoms with Gasteiger partial charge in [-0.25, -0.2) is 9.97 Å². The minimum atomic E-state index is 0.249. The highest BCUT2D eigenvalue weighted by atomic mass is 32.2. The van der Waals surface area contributed by atoms with E-state index >= 15 is 0 Å². The van der Waals surface area contributed by atoms with Gasteiger partial charge in [-0.05, 0) is 49.5 Å². The van der Waals surface area contributed by atoms with Gasteiger partial charge in [-0.3, -0.25) is 4.79 Å². The number of carbonyl (C=O) groups is 1. The summed E-state index contributed by atoms with van der Waals surface area (Å²) >= 11 is 3.41. The lowest BCUT2D eigenvalue weighted by atomic mass is 9.92. The van der Waals surface area contributed by atoms with Gasteiger partial charge in [0.05, 0.1) is 5.75 Å². The molecule has 6 heteroatoms. The maximum absolute atomic E-state index is 12.7. The first-order valence-electron chi connectivity index (χ1n) is 9.27. The van der Waals surface area contributed by atoms with Gasteiger partial charge in [0, 0.05) is 23.4 Å². The molecule has 0 saturated carbocycles. The van der Waals surface area contributed by atoms with Gasteiger partial charge in [0.2, 0.25) is 5.91 Å². The first-order valence-corrected chi connectivity index (χ1v) is 11.1. The Bertz CT molecular complexity index is 778. The Morgan fingerprint density at radius 3 is 2.80 bits per heavy atom. The van der Waals surface area contributed by atoms with Gasteiger partial charge in [0.25, 0.3) is 0 Å². The summed E-state index contributed by atoms with van der Waals surface area (Å²) in [5.74, 6) is 1.94. The van der Waals surface area contributed by atoms with Crippen molar-refractivity contribution in [3.8, 4) is 0 Å². The summed E-state index contributed by atoms with van der Waals surface area (Å²) in [6.45, 7) is 6.29. The second-order valence-electron chi connectivity index (χ2n) is 7.60. The van der Waals surface area contributed by atoms with Crippen molar-refractivity contribution in [1.29, 1.82) is 0 Å². The normalized spacial score (nSPS) is 23.7. The van der Waals surface area contributed by atoms with Crippen LogP contribution in [0.3, 0.4) is 0 Å². The zero-order chi connectivity index (χ0) is 17.4. The van der Waals surface area contributed by atoms with E-state index < -0.39 is 0 Å². The van der Waals surface area contributed by atoms with Crippen LogP contribution < -0.4 is 0 Å². The number of rotatable bonds is 3. The maximum Gasteiger partial charge on any atom is 0.233 e. The largest absolute Gasteiger partial charge is 0.341 e. The Kier molecular flexibility index (Phi) is 5.00. The highest BCUT2D eigenvalue weighted by Crippen LogP contribution is 2.39. The van der Waals surface area contributed by atoms with Crippen molar-refractivity contribution in [3.63, 3.8) is 0 Å². The Morgan fingerprint density at radius 2 is 2.00 bits per heavy atom. The smallest absolute Gasteiger partial charge is 0.233 e. The summed E-state index contributed by atoms with van der Waals surface area (Å²) in [4.78, 5) is 26.3. The van der Waals surface area contributed by atoms with Crippen molar-refractivity contribution in [2.24, 2.45) is 11.8 Å². The molecule has 3 heterocycles. The van der Waals surface area contributed by atoms with Gasteiger partial charge >= 0.3 is 0 Å². The van der Waals surface area contributed by atoms with Gasteiger partial charge in [0.15, 0.2) is 0 Å². The number of hydrogen-bond donors (Lipinski definition) is 0. The van der Waals surface area contributed by atoms with Gasteiger partial charge in [-0.1, -0.05) is 25.6 Å². The third-order valence-corrected chi connectivity index (χ3v) is 7.44. The molecule has 0 spiro atoms. The van der Waals surface area contributed by atoms with Crippen LogP contribution in [0.1, 0.15) is 43.6 Å². The average molecular weight is 376 g/mol. The number of thioether (sulfide) groups is 1. The van der Waals surface area contributed by atoms with Crippen molar-refractivity contribution < 1.29 is 4.79 Å². The van der Waals surface area contributed by atoms with Crippen molar-refractivity contribution >= 4 is 39.2 Å². The third kappa shape index (κ3) is 3.56. The van der Waals surface area contributed by atoms with Gasteiger partial charge in [0.1, 0.15) is 16.2 Å². The van der Waals surface area contributed by atoms with Crippen LogP contribution in [0.15, 0.2) is 11.4 Å². The second-order valence-corrected chi connectivity index (χ2v) is 9.65. The molecule has 2 aliphatic rings. The van der Waals surface area contributed by atoms with Crippen molar-refractivity contribution in [2.75, 3.05) is 18.8 Å². The van der Waals surface area contributed by atoms with E-state index in [1.807, 2.05) is 16.2 Å². The molecule has 0 radical (unpaired) electrons. The zero-order valence-corrected chi connectivity index (χ0v) is 16.6. The number of hydrogen-bond acceptors (Lipinski definition) is 5. The summed E-state index contributed by atoms with van der Waals surface area (Å²) in [6.07, 6.45) is 7.71. The highest BCUT2D eigenvalue weighted by molar-refractivity contribution is 8.00. The predicted octanol–water partition coefficient (Wildman–Crippen LogP) is 4.17. The quantitative estimate of drug-likeness (QED) is 0.597. The predicted molar refractivity (Wildman–Crippen MR) is 104 cm³/mol. The zero-order valence-electron chi connectivity index (χ0n) is 15.0. The van der Waals surface area contributed by atoms with Crippen LogP contribution in [-0.2, 0) is 17.6 Å². The molecule has 0 N–H and O–H groups in total. The number of aryl methyl sites for hydroxylation is 2. The Morgan fingerprint density at radius 1 is 1.24 bits per heavy atom. The molecule has 25 heavy (non-hydrogen) atoms. The monoisotopic (exact) mass is 375 g/mol. The molecule has 0 bridgehead atoms. The van der Waals surface area contributed by atoms with E-state index in [4.69, 9.17) is 0 Å². The molecule has 4 rings (SSSR count). The van der Waals surface area contributed by atoms with E-state index in [1.54, 1.807) is 18.1 Å². The summed E-state index contributed by atoms with van der Waals surface area (Å²) in [7, 11) is 0. The number of nitrogens with zero attached hydrogens (tertiary/aromatic N) is 3. The summed E-state index contributed by atoms with van der Waals surface area (Å²) in [5, 5.41) is 2.22. The molecule has 134 valence electrons. The molecule has 2 aromatic rings. The van der Waals surface area contributed by atoms with E-state index in [9.17, 15) is 4.79 Å². The molecular formula is C19H25N3OS2. The van der Waals surface area contributed by atoms with Crippen LogP contribution in [0.5, 0.6) is 0 Å². The van der Waals surface area contributed by atoms with E-state index in [0.29, 0.717) is 17.6 Å². The first kappa shape index (κ1) is 17.3. The maximum atomic E-state index is 12.7. The molecular weight excluding hydrogens is 350 g/mol. The fourth-order valence-electron chi connectivity index (χ4n) is 4.26. The van der Waals surface area contributed by atoms with Crippen LogP contribution >= 0.6 is 23.1 Å². The molecule has 0 unspecified atom stereocenters. The van der Waals surface area contributed by atoms with Crippen molar-refractivity contribution in [2.45, 2.75) is 51.0 Å². The fourth-order valence-corrected chi connectivity index (χ4v) is 6.48. The fraction of sp³-hybridized carbons (Fsp3) is 0.632. The van der Waals surface area contributed by atoms with Crippen molar-refractivity contribution in [1.82, 2.24) is 14.9 Å². The number of carbonyl (C=O) groups excluding carboxylic acids is 1. The lowest BCUT2D eigenvalue weighted by molar-refractivity contribution is -0.130. The Balaban J connectivity index is 1.51. The number of piperidine rings is 1. The molecule has 1 aliphatic heterocycles. The van der Waals surface area contributed by atoms with Crippen LogP contribution in [0.2, 0.25) is 0 Å². The lowest BCUT2D eigenvalue weighted by Gasteiger charge is -2.35. The van der Waals surface area contributed by atoms with Crippen LogP contribution in [0.25, 0.3) is 10.2 Å².